The normalized spacial score (nSPS) is 24.1. The van der Waals surface area contributed by atoms with Gasteiger partial charge < -0.3 is 19.7 Å². The number of hydrogen-bond donors (Lipinski definition) is 1. The summed E-state index contributed by atoms with van der Waals surface area (Å²) < 4.78 is 0. The van der Waals surface area contributed by atoms with Crippen molar-refractivity contribution in [2.75, 3.05) is 38.1 Å². The van der Waals surface area contributed by atoms with E-state index in [-0.39, 0.29) is 12.1 Å². The van der Waals surface area contributed by atoms with Gasteiger partial charge in [0.1, 0.15) is 17.8 Å². The molecule has 2 aliphatic rings. The number of anilines is 1. The molecule has 2 atom stereocenters. The topological polar surface area (TPSA) is 68.4 Å². The maximum Gasteiger partial charge on any atom is 0.320 e. The van der Waals surface area contributed by atoms with Crippen LogP contribution >= 0.6 is 0 Å². The number of rotatable bonds is 2. The number of likely N-dealkylation sites (N-methyl/N-ethyl adjacent to an activating group) is 1. The van der Waals surface area contributed by atoms with E-state index in [1.165, 1.54) is 0 Å². The number of urea groups is 1. The number of carbonyl (C=O) groups is 1. The average molecular weight is 342 g/mol. The van der Waals surface area contributed by atoms with Gasteiger partial charge in [-0.1, -0.05) is 6.92 Å². The first-order valence-electron chi connectivity index (χ1n) is 9.20. The first-order chi connectivity index (χ1) is 12.1. The minimum absolute atomic E-state index is 0.206. The summed E-state index contributed by atoms with van der Waals surface area (Å²) in [6, 6.07) is 2.48. The number of piperidine rings is 1. The predicted molar refractivity (Wildman–Crippen MR) is 97.6 cm³/mol. The van der Waals surface area contributed by atoms with E-state index in [2.05, 4.69) is 33.8 Å². The number of aromatic nitrogens is 3. The molecule has 2 aromatic heterocycles. The highest BCUT2D eigenvalue weighted by Gasteiger charge is 2.34. The monoisotopic (exact) mass is 342 g/mol. The van der Waals surface area contributed by atoms with Crippen molar-refractivity contribution < 1.29 is 4.79 Å². The fourth-order valence-electron chi connectivity index (χ4n) is 4.13. The molecular weight excluding hydrogens is 316 g/mol. The van der Waals surface area contributed by atoms with Crippen LogP contribution in [0.25, 0.3) is 11.0 Å². The SMILES string of the molecule is C[C@@H]1CCN(C(=O)N2CCCC2)CC1N(C)c1ncnc2[nH]ccc12. The van der Waals surface area contributed by atoms with Crippen molar-refractivity contribution in [1.29, 1.82) is 0 Å². The molecule has 2 fully saturated rings. The van der Waals surface area contributed by atoms with Crippen LogP contribution in [-0.2, 0) is 0 Å². The Hall–Kier alpha value is -2.31. The molecule has 7 nitrogen and oxygen atoms in total. The maximum absolute atomic E-state index is 12.8. The van der Waals surface area contributed by atoms with Crippen molar-refractivity contribution in [2.45, 2.75) is 32.2 Å². The third-order valence-corrected chi connectivity index (χ3v) is 5.73. The van der Waals surface area contributed by atoms with Crippen LogP contribution < -0.4 is 4.90 Å². The number of H-pyrrole nitrogens is 1. The summed E-state index contributed by atoms with van der Waals surface area (Å²) in [5.74, 6) is 1.44. The molecule has 0 saturated carbocycles. The third kappa shape index (κ3) is 2.92. The molecule has 4 rings (SSSR count). The average Bonchev–Trinajstić information content (AvgIpc) is 3.32. The molecule has 0 aliphatic carbocycles. The van der Waals surface area contributed by atoms with Crippen LogP contribution in [-0.4, -0.2) is 70.1 Å². The molecular formula is C18H26N6O. The molecule has 2 aromatic rings. The van der Waals surface area contributed by atoms with Crippen LogP contribution in [0.4, 0.5) is 10.6 Å². The van der Waals surface area contributed by atoms with Gasteiger partial charge in [-0.3, -0.25) is 0 Å². The van der Waals surface area contributed by atoms with Gasteiger partial charge in [0, 0.05) is 39.4 Å². The van der Waals surface area contributed by atoms with Crippen LogP contribution in [0, 0.1) is 5.92 Å². The fourth-order valence-corrected chi connectivity index (χ4v) is 4.13. The summed E-state index contributed by atoms with van der Waals surface area (Å²) in [5, 5.41) is 1.03. The Kier molecular flexibility index (Phi) is 4.23. The lowest BCUT2D eigenvalue weighted by Gasteiger charge is -2.43. The minimum atomic E-state index is 0.206. The van der Waals surface area contributed by atoms with Gasteiger partial charge in [0.15, 0.2) is 0 Å². The van der Waals surface area contributed by atoms with Crippen LogP contribution in [0.5, 0.6) is 0 Å². The van der Waals surface area contributed by atoms with Gasteiger partial charge in [-0.2, -0.15) is 0 Å². The number of nitrogens with zero attached hydrogens (tertiary/aromatic N) is 5. The van der Waals surface area contributed by atoms with Gasteiger partial charge in [0.25, 0.3) is 0 Å². The van der Waals surface area contributed by atoms with Crippen molar-refractivity contribution in [3.05, 3.63) is 18.6 Å². The molecule has 2 amide bonds. The lowest BCUT2D eigenvalue weighted by atomic mass is 9.92. The van der Waals surface area contributed by atoms with E-state index >= 15 is 0 Å². The Labute approximate surface area is 148 Å². The van der Waals surface area contributed by atoms with Gasteiger partial charge in [-0.25, -0.2) is 14.8 Å². The van der Waals surface area contributed by atoms with E-state index in [9.17, 15) is 4.79 Å². The number of carbonyl (C=O) groups excluding carboxylic acids is 1. The van der Waals surface area contributed by atoms with E-state index in [0.717, 1.165) is 62.3 Å². The zero-order chi connectivity index (χ0) is 17.4. The van der Waals surface area contributed by atoms with Crippen LogP contribution in [0.1, 0.15) is 26.2 Å². The van der Waals surface area contributed by atoms with Gasteiger partial charge in [0.05, 0.1) is 11.4 Å². The zero-order valence-corrected chi connectivity index (χ0v) is 15.0. The van der Waals surface area contributed by atoms with Crippen LogP contribution in [0.15, 0.2) is 18.6 Å². The summed E-state index contributed by atoms with van der Waals surface area (Å²) in [6.45, 7) is 5.68. The molecule has 0 radical (unpaired) electrons. The Bertz CT molecular complexity index is 753. The van der Waals surface area contributed by atoms with E-state index in [4.69, 9.17) is 0 Å². The molecule has 1 unspecified atom stereocenters. The van der Waals surface area contributed by atoms with Crippen molar-refractivity contribution in [3.63, 3.8) is 0 Å². The van der Waals surface area contributed by atoms with Crippen molar-refractivity contribution in [3.8, 4) is 0 Å². The molecule has 2 aliphatic heterocycles. The molecule has 0 bridgehead atoms. The van der Waals surface area contributed by atoms with Crippen molar-refractivity contribution in [1.82, 2.24) is 24.8 Å². The summed E-state index contributed by atoms with van der Waals surface area (Å²) >= 11 is 0. The fraction of sp³-hybridized carbons (Fsp3) is 0.611. The van der Waals surface area contributed by atoms with Gasteiger partial charge >= 0.3 is 6.03 Å². The Balaban J connectivity index is 1.55. The number of fused-ring (bicyclic) bond motifs is 1. The quantitative estimate of drug-likeness (QED) is 0.909. The van der Waals surface area contributed by atoms with Crippen LogP contribution in [0.3, 0.4) is 0 Å². The number of nitrogens with one attached hydrogen (secondary N) is 1. The molecule has 134 valence electrons. The lowest BCUT2D eigenvalue weighted by Crippen LogP contribution is -2.55. The smallest absolute Gasteiger partial charge is 0.320 e. The minimum Gasteiger partial charge on any atom is -0.354 e. The number of hydrogen-bond acceptors (Lipinski definition) is 4. The van der Waals surface area contributed by atoms with Crippen molar-refractivity contribution in [2.24, 2.45) is 5.92 Å². The van der Waals surface area contributed by atoms with E-state index in [1.54, 1.807) is 6.33 Å². The summed E-state index contributed by atoms with van der Waals surface area (Å²) in [7, 11) is 2.08. The predicted octanol–water partition coefficient (Wildman–Crippen LogP) is 2.32. The van der Waals surface area contributed by atoms with E-state index < -0.39 is 0 Å². The first-order valence-corrected chi connectivity index (χ1v) is 9.20. The number of aromatic amines is 1. The summed E-state index contributed by atoms with van der Waals surface area (Å²) in [5.41, 5.74) is 0.852. The summed E-state index contributed by atoms with van der Waals surface area (Å²) in [6.07, 6.45) is 6.78. The van der Waals surface area contributed by atoms with Gasteiger partial charge in [-0.05, 0) is 31.2 Å². The largest absolute Gasteiger partial charge is 0.354 e. The Morgan fingerprint density at radius 2 is 2.04 bits per heavy atom. The van der Waals surface area contributed by atoms with Crippen LogP contribution in [0.2, 0.25) is 0 Å². The second-order valence-corrected chi connectivity index (χ2v) is 7.30. The molecule has 25 heavy (non-hydrogen) atoms. The first kappa shape index (κ1) is 16.2. The summed E-state index contributed by atoms with van der Waals surface area (Å²) in [4.78, 5) is 31.0. The molecule has 1 N–H and O–H groups in total. The molecule has 7 heteroatoms. The Morgan fingerprint density at radius 1 is 1.24 bits per heavy atom. The zero-order valence-electron chi connectivity index (χ0n) is 15.0. The van der Waals surface area contributed by atoms with E-state index in [1.807, 2.05) is 22.1 Å². The maximum atomic E-state index is 12.8. The van der Waals surface area contributed by atoms with E-state index in [0.29, 0.717) is 5.92 Å². The van der Waals surface area contributed by atoms with Crippen molar-refractivity contribution >= 4 is 22.9 Å². The highest BCUT2D eigenvalue weighted by atomic mass is 16.2. The molecule has 4 heterocycles. The second-order valence-electron chi connectivity index (χ2n) is 7.30. The van der Waals surface area contributed by atoms with Gasteiger partial charge in [0.2, 0.25) is 0 Å². The number of likely N-dealkylation sites (tertiary alicyclic amines) is 2. The molecule has 2 saturated heterocycles. The van der Waals surface area contributed by atoms with Gasteiger partial charge in [-0.15, -0.1) is 0 Å². The molecule has 0 spiro atoms. The standard InChI is InChI=1S/C18H26N6O/c1-13-6-10-24(18(25)23-8-3-4-9-23)11-15(13)22(2)17-14-5-7-19-16(14)20-12-21-17/h5,7,12-13,15H,3-4,6,8-11H2,1-2H3,(H,19,20,21)/t13-,15?/m1/s1. The second kappa shape index (κ2) is 6.54. The molecule has 0 aromatic carbocycles. The highest BCUT2D eigenvalue weighted by molar-refractivity contribution is 5.87. The third-order valence-electron chi connectivity index (χ3n) is 5.73. The lowest BCUT2D eigenvalue weighted by molar-refractivity contribution is 0.133. The number of amides is 2. The highest BCUT2D eigenvalue weighted by Crippen LogP contribution is 2.29. The Morgan fingerprint density at radius 3 is 2.84 bits per heavy atom.